The number of aliphatic hydroxyl groups is 1. The first-order chi connectivity index (χ1) is 7.75. The quantitative estimate of drug-likeness (QED) is 0.855. The van der Waals surface area contributed by atoms with Crippen molar-refractivity contribution in [3.8, 4) is 11.6 Å². The molecule has 2 aromatic rings. The van der Waals surface area contributed by atoms with Crippen LogP contribution in [0.4, 0.5) is 0 Å². The molecule has 1 heterocycles. The second kappa shape index (κ2) is 4.77. The normalized spacial score (nSPS) is 12.1. The van der Waals surface area contributed by atoms with E-state index in [-0.39, 0.29) is 0 Å². The standard InChI is InChI=1S/C13H13NO2/c1-10(15)12-8-5-9-13(14-12)16-11-6-3-2-4-7-11/h2-10,15H,1H3/t10-/m1/s1. The third-order valence-electron chi connectivity index (χ3n) is 2.14. The zero-order valence-electron chi connectivity index (χ0n) is 9.00. The topological polar surface area (TPSA) is 42.4 Å². The fourth-order valence-electron chi connectivity index (χ4n) is 1.33. The Morgan fingerprint density at radius 3 is 2.50 bits per heavy atom. The summed E-state index contributed by atoms with van der Waals surface area (Å²) in [6.45, 7) is 1.68. The van der Waals surface area contributed by atoms with Crippen LogP contribution in [-0.4, -0.2) is 10.1 Å². The van der Waals surface area contributed by atoms with Gasteiger partial charge < -0.3 is 9.84 Å². The number of hydrogen-bond donors (Lipinski definition) is 1. The third-order valence-corrected chi connectivity index (χ3v) is 2.14. The fourth-order valence-corrected chi connectivity index (χ4v) is 1.33. The third kappa shape index (κ3) is 2.58. The van der Waals surface area contributed by atoms with E-state index < -0.39 is 6.10 Å². The summed E-state index contributed by atoms with van der Waals surface area (Å²) in [5.41, 5.74) is 0.605. The maximum Gasteiger partial charge on any atom is 0.219 e. The molecule has 0 saturated heterocycles. The van der Waals surface area contributed by atoms with Gasteiger partial charge in [0.1, 0.15) is 5.75 Å². The Hall–Kier alpha value is -1.87. The molecule has 82 valence electrons. The molecule has 0 bridgehead atoms. The number of aliphatic hydroxyl groups excluding tert-OH is 1. The molecule has 3 nitrogen and oxygen atoms in total. The lowest BCUT2D eigenvalue weighted by Crippen LogP contribution is -1.96. The Labute approximate surface area is 94.3 Å². The Bertz CT molecular complexity index is 454. The van der Waals surface area contributed by atoms with Gasteiger partial charge in [-0.3, -0.25) is 0 Å². The Kier molecular flexibility index (Phi) is 3.17. The van der Waals surface area contributed by atoms with Crippen molar-refractivity contribution in [2.75, 3.05) is 0 Å². The molecule has 1 atom stereocenters. The van der Waals surface area contributed by atoms with E-state index in [1.165, 1.54) is 0 Å². The van der Waals surface area contributed by atoms with E-state index >= 15 is 0 Å². The summed E-state index contributed by atoms with van der Waals surface area (Å²) in [7, 11) is 0. The van der Waals surface area contributed by atoms with Crippen LogP contribution in [-0.2, 0) is 0 Å². The van der Waals surface area contributed by atoms with E-state index in [1.54, 1.807) is 19.1 Å². The van der Waals surface area contributed by atoms with Gasteiger partial charge in [-0.05, 0) is 25.1 Å². The molecule has 0 radical (unpaired) electrons. The molecule has 0 aliphatic carbocycles. The van der Waals surface area contributed by atoms with Crippen LogP contribution in [0.3, 0.4) is 0 Å². The number of ether oxygens (including phenoxy) is 1. The van der Waals surface area contributed by atoms with Crippen molar-refractivity contribution < 1.29 is 9.84 Å². The van der Waals surface area contributed by atoms with Crippen molar-refractivity contribution in [1.29, 1.82) is 0 Å². The number of pyridine rings is 1. The van der Waals surface area contributed by atoms with E-state index in [2.05, 4.69) is 4.98 Å². The van der Waals surface area contributed by atoms with Crippen LogP contribution >= 0.6 is 0 Å². The van der Waals surface area contributed by atoms with Gasteiger partial charge in [0, 0.05) is 6.07 Å². The van der Waals surface area contributed by atoms with Gasteiger partial charge in [-0.15, -0.1) is 0 Å². The minimum atomic E-state index is -0.584. The van der Waals surface area contributed by atoms with Gasteiger partial charge in [-0.25, -0.2) is 4.98 Å². The van der Waals surface area contributed by atoms with Gasteiger partial charge in [0.05, 0.1) is 11.8 Å². The molecule has 1 aromatic heterocycles. The Balaban J connectivity index is 2.19. The minimum Gasteiger partial charge on any atom is -0.439 e. The van der Waals surface area contributed by atoms with Crippen molar-refractivity contribution >= 4 is 0 Å². The van der Waals surface area contributed by atoms with Gasteiger partial charge in [0.25, 0.3) is 0 Å². The average molecular weight is 215 g/mol. The first-order valence-electron chi connectivity index (χ1n) is 5.13. The van der Waals surface area contributed by atoms with Gasteiger partial charge >= 0.3 is 0 Å². The molecule has 0 unspecified atom stereocenters. The summed E-state index contributed by atoms with van der Waals surface area (Å²) in [4.78, 5) is 4.20. The predicted molar refractivity (Wildman–Crippen MR) is 61.4 cm³/mol. The number of para-hydroxylation sites is 1. The predicted octanol–water partition coefficient (Wildman–Crippen LogP) is 2.93. The summed E-state index contributed by atoms with van der Waals surface area (Å²) < 4.78 is 5.55. The highest BCUT2D eigenvalue weighted by molar-refractivity contribution is 5.27. The molecule has 0 aliphatic rings. The Morgan fingerprint density at radius 2 is 1.81 bits per heavy atom. The second-order valence-corrected chi connectivity index (χ2v) is 3.49. The van der Waals surface area contributed by atoms with E-state index in [0.29, 0.717) is 11.6 Å². The van der Waals surface area contributed by atoms with Crippen LogP contribution < -0.4 is 4.74 Å². The Morgan fingerprint density at radius 1 is 1.06 bits per heavy atom. The molecule has 1 aromatic carbocycles. The maximum absolute atomic E-state index is 9.40. The SMILES string of the molecule is C[C@@H](O)c1cccc(Oc2ccccc2)n1. The van der Waals surface area contributed by atoms with Crippen molar-refractivity contribution in [3.05, 3.63) is 54.2 Å². The van der Waals surface area contributed by atoms with Crippen molar-refractivity contribution in [1.82, 2.24) is 4.98 Å². The van der Waals surface area contributed by atoms with E-state index in [9.17, 15) is 5.11 Å². The molecule has 0 aliphatic heterocycles. The highest BCUT2D eigenvalue weighted by atomic mass is 16.5. The smallest absolute Gasteiger partial charge is 0.219 e. The highest BCUT2D eigenvalue weighted by Crippen LogP contribution is 2.20. The zero-order valence-corrected chi connectivity index (χ0v) is 9.00. The molecule has 3 heteroatoms. The van der Waals surface area contributed by atoms with Crippen LogP contribution in [0.2, 0.25) is 0 Å². The first kappa shape index (κ1) is 10.6. The molecule has 0 amide bonds. The maximum atomic E-state index is 9.40. The zero-order chi connectivity index (χ0) is 11.4. The molecule has 2 rings (SSSR count). The summed E-state index contributed by atoms with van der Waals surface area (Å²) in [6.07, 6.45) is -0.584. The lowest BCUT2D eigenvalue weighted by atomic mass is 10.2. The van der Waals surface area contributed by atoms with E-state index in [0.717, 1.165) is 5.75 Å². The number of hydrogen-bond acceptors (Lipinski definition) is 3. The average Bonchev–Trinajstić information content (AvgIpc) is 2.30. The van der Waals surface area contributed by atoms with Gasteiger partial charge in [0.2, 0.25) is 5.88 Å². The minimum absolute atomic E-state index is 0.490. The van der Waals surface area contributed by atoms with Gasteiger partial charge in [-0.1, -0.05) is 24.3 Å². The lowest BCUT2D eigenvalue weighted by Gasteiger charge is -2.07. The number of benzene rings is 1. The fraction of sp³-hybridized carbons (Fsp3) is 0.154. The summed E-state index contributed by atoms with van der Waals surface area (Å²) >= 11 is 0. The summed E-state index contributed by atoms with van der Waals surface area (Å²) in [5.74, 6) is 1.22. The molecule has 0 saturated carbocycles. The van der Waals surface area contributed by atoms with E-state index in [4.69, 9.17) is 4.74 Å². The molecule has 16 heavy (non-hydrogen) atoms. The molecule has 0 fully saturated rings. The van der Waals surface area contributed by atoms with Crippen LogP contribution in [0, 0.1) is 0 Å². The summed E-state index contributed by atoms with van der Waals surface area (Å²) in [5, 5.41) is 9.40. The number of rotatable bonds is 3. The molecule has 0 spiro atoms. The molecule has 1 N–H and O–H groups in total. The van der Waals surface area contributed by atoms with Crippen LogP contribution in [0.5, 0.6) is 11.6 Å². The first-order valence-corrected chi connectivity index (χ1v) is 5.13. The summed E-state index contributed by atoms with van der Waals surface area (Å²) in [6, 6.07) is 14.8. The van der Waals surface area contributed by atoms with E-state index in [1.807, 2.05) is 36.4 Å². The lowest BCUT2D eigenvalue weighted by molar-refractivity contribution is 0.193. The second-order valence-electron chi connectivity index (χ2n) is 3.49. The largest absolute Gasteiger partial charge is 0.439 e. The van der Waals surface area contributed by atoms with Crippen molar-refractivity contribution in [2.24, 2.45) is 0 Å². The van der Waals surface area contributed by atoms with Crippen molar-refractivity contribution in [3.63, 3.8) is 0 Å². The van der Waals surface area contributed by atoms with Crippen LogP contribution in [0.15, 0.2) is 48.5 Å². The monoisotopic (exact) mass is 215 g/mol. The highest BCUT2D eigenvalue weighted by Gasteiger charge is 2.04. The number of nitrogens with zero attached hydrogens (tertiary/aromatic N) is 1. The van der Waals surface area contributed by atoms with Crippen LogP contribution in [0.25, 0.3) is 0 Å². The van der Waals surface area contributed by atoms with Gasteiger partial charge in [-0.2, -0.15) is 0 Å². The van der Waals surface area contributed by atoms with Crippen molar-refractivity contribution in [2.45, 2.75) is 13.0 Å². The number of aromatic nitrogens is 1. The van der Waals surface area contributed by atoms with Crippen LogP contribution in [0.1, 0.15) is 18.7 Å². The van der Waals surface area contributed by atoms with Gasteiger partial charge in [0.15, 0.2) is 0 Å². The molecular formula is C13H13NO2. The molecular weight excluding hydrogens is 202 g/mol.